The number of amides is 1. The molecule has 0 aliphatic carbocycles. The van der Waals surface area contributed by atoms with Crippen LogP contribution in [0.15, 0.2) is 36.5 Å². The lowest BCUT2D eigenvalue weighted by molar-refractivity contribution is -0.594. The van der Waals surface area contributed by atoms with E-state index in [0.29, 0.717) is 4.47 Å². The van der Waals surface area contributed by atoms with Crippen molar-refractivity contribution < 1.29 is 14.5 Å². The Bertz CT molecular complexity index is 820. The number of aliphatic hydroxyl groups is 1. The van der Waals surface area contributed by atoms with Gasteiger partial charge < -0.3 is 5.11 Å². The SMILES string of the molecule is C[N+]1=C2CCC(c3cnc(Cl)s3)N2C(=O)C(c2ccccc2)C1O. The molecule has 1 aromatic heterocycles. The van der Waals surface area contributed by atoms with Gasteiger partial charge in [-0.1, -0.05) is 41.9 Å². The average molecular weight is 363 g/mol. The zero-order chi connectivity index (χ0) is 16.8. The maximum Gasteiger partial charge on any atom is 0.324 e. The Labute approximate surface area is 148 Å². The summed E-state index contributed by atoms with van der Waals surface area (Å²) in [5.74, 6) is 0.215. The lowest BCUT2D eigenvalue weighted by Gasteiger charge is -2.31. The second-order valence-electron chi connectivity index (χ2n) is 6.11. The lowest BCUT2D eigenvalue weighted by atomic mass is 9.93. The van der Waals surface area contributed by atoms with Gasteiger partial charge in [0, 0.05) is 12.6 Å². The number of thiazole rings is 1. The molecule has 5 nitrogen and oxygen atoms in total. The molecule has 4 rings (SSSR count). The van der Waals surface area contributed by atoms with Crippen molar-refractivity contribution in [3.05, 3.63) is 51.4 Å². The topological polar surface area (TPSA) is 56.4 Å². The van der Waals surface area contributed by atoms with Crippen LogP contribution in [-0.4, -0.2) is 44.6 Å². The number of amidine groups is 1. The number of nitrogens with zero attached hydrogens (tertiary/aromatic N) is 3. The van der Waals surface area contributed by atoms with E-state index in [2.05, 4.69) is 4.98 Å². The van der Waals surface area contributed by atoms with E-state index in [9.17, 15) is 9.90 Å². The van der Waals surface area contributed by atoms with E-state index in [4.69, 9.17) is 11.6 Å². The smallest absolute Gasteiger partial charge is 0.324 e. The van der Waals surface area contributed by atoms with Gasteiger partial charge in [-0.05, 0) is 5.56 Å². The van der Waals surface area contributed by atoms with Gasteiger partial charge in [-0.2, -0.15) is 4.90 Å². The van der Waals surface area contributed by atoms with Crippen LogP contribution >= 0.6 is 22.9 Å². The highest BCUT2D eigenvalue weighted by molar-refractivity contribution is 7.15. The normalized spacial score (nSPS) is 26.9. The number of benzene rings is 1. The van der Waals surface area contributed by atoms with Crippen LogP contribution in [0.2, 0.25) is 4.47 Å². The zero-order valence-electron chi connectivity index (χ0n) is 13.1. The molecule has 1 saturated heterocycles. The largest absolute Gasteiger partial charge is 0.354 e. The Morgan fingerprint density at radius 1 is 1.38 bits per heavy atom. The number of aromatic nitrogens is 1. The minimum absolute atomic E-state index is 0.0568. The maximum absolute atomic E-state index is 13.2. The van der Waals surface area contributed by atoms with E-state index >= 15 is 0 Å². The molecule has 2 aliphatic heterocycles. The van der Waals surface area contributed by atoms with Crippen LogP contribution in [0.1, 0.15) is 35.2 Å². The highest BCUT2D eigenvalue weighted by Crippen LogP contribution is 2.41. The van der Waals surface area contributed by atoms with Crippen molar-refractivity contribution in [2.45, 2.75) is 31.0 Å². The molecule has 0 saturated carbocycles. The molecule has 24 heavy (non-hydrogen) atoms. The highest BCUT2D eigenvalue weighted by Gasteiger charge is 2.53. The minimum Gasteiger partial charge on any atom is -0.354 e. The number of hydrogen-bond acceptors (Lipinski definition) is 4. The number of rotatable bonds is 2. The number of carbonyl (C=O) groups excluding carboxylic acids is 1. The van der Waals surface area contributed by atoms with Gasteiger partial charge in [0.15, 0.2) is 10.4 Å². The Hall–Kier alpha value is -1.76. The Morgan fingerprint density at radius 3 is 2.79 bits per heavy atom. The van der Waals surface area contributed by atoms with E-state index in [1.54, 1.807) is 6.20 Å². The van der Waals surface area contributed by atoms with Crippen molar-refractivity contribution in [3.63, 3.8) is 0 Å². The van der Waals surface area contributed by atoms with Crippen LogP contribution in [0, 0.1) is 0 Å². The van der Waals surface area contributed by atoms with E-state index in [1.165, 1.54) is 11.3 Å². The van der Waals surface area contributed by atoms with Gasteiger partial charge in [0.05, 0.1) is 18.3 Å². The summed E-state index contributed by atoms with van der Waals surface area (Å²) in [5.41, 5.74) is 0.828. The van der Waals surface area contributed by atoms with Crippen molar-refractivity contribution in [1.29, 1.82) is 0 Å². The van der Waals surface area contributed by atoms with Crippen LogP contribution in [0.4, 0.5) is 0 Å². The number of aliphatic hydroxyl groups excluding tert-OH is 1. The fourth-order valence-corrected chi connectivity index (χ4v) is 4.72. The number of carbonyl (C=O) groups is 1. The van der Waals surface area contributed by atoms with Crippen molar-refractivity contribution in [3.8, 4) is 0 Å². The summed E-state index contributed by atoms with van der Waals surface area (Å²) in [7, 11) is 1.84. The Kier molecular flexibility index (Phi) is 3.90. The zero-order valence-corrected chi connectivity index (χ0v) is 14.7. The van der Waals surface area contributed by atoms with Gasteiger partial charge in [-0.15, -0.1) is 11.3 Å². The van der Waals surface area contributed by atoms with E-state index in [0.717, 1.165) is 29.1 Å². The number of fused-ring (bicyclic) bond motifs is 1. The molecule has 1 fully saturated rings. The van der Waals surface area contributed by atoms with Crippen LogP contribution in [0.5, 0.6) is 0 Å². The molecular weight excluding hydrogens is 346 g/mol. The minimum atomic E-state index is -0.852. The summed E-state index contributed by atoms with van der Waals surface area (Å²) >= 11 is 7.38. The third-order valence-electron chi connectivity index (χ3n) is 4.82. The van der Waals surface area contributed by atoms with Crippen molar-refractivity contribution >= 4 is 34.7 Å². The van der Waals surface area contributed by atoms with Crippen molar-refractivity contribution in [2.75, 3.05) is 7.05 Å². The molecule has 1 amide bonds. The predicted octanol–water partition coefficient (Wildman–Crippen LogP) is 2.62. The highest BCUT2D eigenvalue weighted by atomic mass is 35.5. The van der Waals surface area contributed by atoms with Gasteiger partial charge in [-0.3, -0.25) is 0 Å². The summed E-state index contributed by atoms with van der Waals surface area (Å²) in [5, 5.41) is 10.7. The first-order valence-corrected chi connectivity index (χ1v) is 9.03. The number of halogens is 1. The molecule has 3 unspecified atom stereocenters. The number of hydrogen-bond donors (Lipinski definition) is 1. The molecule has 1 N–H and O–H groups in total. The fraction of sp³-hybridized carbons (Fsp3) is 0.353. The van der Waals surface area contributed by atoms with Gasteiger partial charge in [0.1, 0.15) is 6.04 Å². The predicted molar refractivity (Wildman–Crippen MR) is 92.3 cm³/mol. The molecule has 124 valence electrons. The molecule has 3 heterocycles. The van der Waals surface area contributed by atoms with E-state index < -0.39 is 12.1 Å². The number of likely N-dealkylation sites (N-methyl/N-ethyl adjacent to an activating group) is 1. The molecular formula is C17H17ClN3O2S+. The Morgan fingerprint density at radius 2 is 2.12 bits per heavy atom. The first-order chi connectivity index (χ1) is 11.6. The standard InChI is InChI=1S/C17H17ClN3O2S/c1-20-13-8-7-11(12-9-19-17(18)24-12)21(13)16(23)14(15(20)22)10-5-3-2-4-6-10/h2-6,9,11,14-15,22H,7-8H2,1H3/q+1. The molecule has 2 aromatic rings. The van der Waals surface area contributed by atoms with Gasteiger partial charge in [-0.25, -0.2) is 14.4 Å². The summed E-state index contributed by atoms with van der Waals surface area (Å²) in [6, 6.07) is 9.40. The lowest BCUT2D eigenvalue weighted by Crippen LogP contribution is -2.53. The monoisotopic (exact) mass is 362 g/mol. The molecule has 2 aliphatic rings. The summed E-state index contributed by atoms with van der Waals surface area (Å²) in [4.78, 5) is 20.1. The average Bonchev–Trinajstić information content (AvgIpc) is 3.20. The summed E-state index contributed by atoms with van der Waals surface area (Å²) in [6.45, 7) is 0. The Balaban J connectivity index is 1.78. The third kappa shape index (κ3) is 2.37. The van der Waals surface area contributed by atoms with E-state index in [-0.39, 0.29) is 11.9 Å². The van der Waals surface area contributed by atoms with Crippen molar-refractivity contribution in [1.82, 2.24) is 9.88 Å². The quantitative estimate of drug-likeness (QED) is 0.835. The molecule has 0 spiro atoms. The fourth-order valence-electron chi connectivity index (χ4n) is 3.64. The van der Waals surface area contributed by atoms with Crippen LogP contribution < -0.4 is 0 Å². The van der Waals surface area contributed by atoms with Crippen LogP contribution in [-0.2, 0) is 4.79 Å². The molecule has 3 atom stereocenters. The summed E-state index contributed by atoms with van der Waals surface area (Å²) < 4.78 is 2.30. The van der Waals surface area contributed by atoms with Gasteiger partial charge in [0.25, 0.3) is 5.84 Å². The van der Waals surface area contributed by atoms with E-state index in [1.807, 2.05) is 46.9 Å². The first kappa shape index (κ1) is 15.7. The molecule has 0 bridgehead atoms. The van der Waals surface area contributed by atoms with Crippen LogP contribution in [0.25, 0.3) is 0 Å². The molecule has 1 aromatic carbocycles. The summed E-state index contributed by atoms with van der Waals surface area (Å²) in [6.07, 6.45) is 2.46. The molecule has 0 radical (unpaired) electrons. The third-order valence-corrected chi connectivity index (χ3v) is 6.04. The maximum atomic E-state index is 13.2. The second-order valence-corrected chi connectivity index (χ2v) is 7.75. The first-order valence-electron chi connectivity index (χ1n) is 7.84. The second kappa shape index (κ2) is 5.95. The van der Waals surface area contributed by atoms with Gasteiger partial charge in [0.2, 0.25) is 6.23 Å². The van der Waals surface area contributed by atoms with Crippen LogP contribution in [0.3, 0.4) is 0 Å². The van der Waals surface area contributed by atoms with Crippen molar-refractivity contribution in [2.24, 2.45) is 0 Å². The van der Waals surface area contributed by atoms with Gasteiger partial charge >= 0.3 is 5.91 Å². The molecule has 7 heteroatoms.